The Morgan fingerprint density at radius 3 is 1.44 bits per heavy atom. The van der Waals surface area contributed by atoms with Crippen LogP contribution in [0.3, 0.4) is 0 Å². The molecule has 0 spiro atoms. The maximum absolute atomic E-state index is 10.3. The molecule has 0 aliphatic heterocycles. The van der Waals surface area contributed by atoms with Crippen LogP contribution in [0.1, 0.15) is 25.7 Å². The molecule has 0 aliphatic rings. The van der Waals surface area contributed by atoms with Crippen LogP contribution in [-0.4, -0.2) is 40.5 Å². The summed E-state index contributed by atoms with van der Waals surface area (Å²) in [6, 6.07) is 0. The van der Waals surface area contributed by atoms with E-state index in [9.17, 15) is 8.42 Å². The van der Waals surface area contributed by atoms with Gasteiger partial charge in [0.1, 0.15) is 0 Å². The van der Waals surface area contributed by atoms with Crippen molar-refractivity contribution in [2.75, 3.05) is 23.0 Å². The Kier molecular flexibility index (Phi) is 13.1. The van der Waals surface area contributed by atoms with Crippen LogP contribution in [0.2, 0.25) is 0 Å². The fourth-order valence-electron chi connectivity index (χ4n) is 0.891. The lowest BCUT2D eigenvalue weighted by molar-refractivity contribution is 0.560. The predicted octanol–water partition coefficient (Wildman–Crippen LogP) is 2.37. The van der Waals surface area contributed by atoms with Gasteiger partial charge in [0, 0.05) is 23.0 Å². The molecule has 2 N–H and O–H groups in total. The fraction of sp³-hybridized carbons (Fsp3) is 1.00. The van der Waals surface area contributed by atoms with Gasteiger partial charge >= 0.3 is 0 Å². The highest BCUT2D eigenvalue weighted by molar-refractivity contribution is 8.76. The van der Waals surface area contributed by atoms with Crippen LogP contribution in [0, 0.1) is 0 Å². The minimum absolute atomic E-state index is 0.369. The molecule has 0 amide bonds. The molecule has 0 aromatic carbocycles. The summed E-state index contributed by atoms with van der Waals surface area (Å²) >= 11 is -3.30. The van der Waals surface area contributed by atoms with Gasteiger partial charge in [0.15, 0.2) is 22.2 Å². The van der Waals surface area contributed by atoms with Crippen molar-refractivity contribution in [3.05, 3.63) is 0 Å². The zero-order valence-corrected chi connectivity index (χ0v) is 12.3. The third-order valence-electron chi connectivity index (χ3n) is 1.68. The first-order valence-corrected chi connectivity index (χ1v) is 10.1. The SMILES string of the molecule is O=S(O)CCCCSSCCCCS(=O)O. The summed E-state index contributed by atoms with van der Waals surface area (Å²) in [5.74, 6) is 2.72. The Hall–Kier alpha value is 0.920. The molecule has 16 heavy (non-hydrogen) atoms. The van der Waals surface area contributed by atoms with Crippen molar-refractivity contribution in [3.63, 3.8) is 0 Å². The van der Waals surface area contributed by atoms with Crippen molar-refractivity contribution in [1.82, 2.24) is 0 Å². The van der Waals surface area contributed by atoms with E-state index in [1.807, 2.05) is 0 Å². The van der Waals surface area contributed by atoms with E-state index in [0.717, 1.165) is 37.2 Å². The van der Waals surface area contributed by atoms with Gasteiger partial charge in [0.25, 0.3) is 0 Å². The van der Waals surface area contributed by atoms with Gasteiger partial charge in [0.05, 0.1) is 0 Å². The zero-order valence-electron chi connectivity index (χ0n) is 9.00. The highest BCUT2D eigenvalue weighted by atomic mass is 33.1. The molecule has 0 saturated heterocycles. The van der Waals surface area contributed by atoms with Crippen molar-refractivity contribution in [1.29, 1.82) is 0 Å². The Labute approximate surface area is 110 Å². The highest BCUT2D eigenvalue weighted by Gasteiger charge is 1.96. The Bertz CT molecular complexity index is 190. The predicted molar refractivity (Wildman–Crippen MR) is 74.7 cm³/mol. The summed E-state index contributed by atoms with van der Waals surface area (Å²) in [5.41, 5.74) is 0. The van der Waals surface area contributed by atoms with Crippen LogP contribution in [0.15, 0.2) is 0 Å². The van der Waals surface area contributed by atoms with E-state index in [4.69, 9.17) is 9.11 Å². The van der Waals surface area contributed by atoms with Crippen molar-refractivity contribution in [2.24, 2.45) is 0 Å². The van der Waals surface area contributed by atoms with Gasteiger partial charge in [0.2, 0.25) is 0 Å². The molecule has 0 radical (unpaired) electrons. The molecule has 2 unspecified atom stereocenters. The molecule has 0 saturated carbocycles. The zero-order chi connectivity index (χ0) is 12.2. The summed E-state index contributed by atoms with van der Waals surface area (Å²) in [5, 5.41) is 0. The van der Waals surface area contributed by atoms with E-state index >= 15 is 0 Å². The molecule has 0 bridgehead atoms. The lowest BCUT2D eigenvalue weighted by Crippen LogP contribution is -1.95. The van der Waals surface area contributed by atoms with E-state index in [2.05, 4.69) is 0 Å². The van der Waals surface area contributed by atoms with Crippen molar-refractivity contribution >= 4 is 43.7 Å². The van der Waals surface area contributed by atoms with Gasteiger partial charge in [-0.15, -0.1) is 0 Å². The van der Waals surface area contributed by atoms with E-state index in [0.29, 0.717) is 11.5 Å². The van der Waals surface area contributed by atoms with Crippen LogP contribution in [0.25, 0.3) is 0 Å². The molecule has 0 aromatic heterocycles. The Balaban J connectivity index is 2.98. The molecule has 0 heterocycles. The number of hydrogen-bond acceptors (Lipinski definition) is 4. The summed E-state index contributed by atoms with van der Waals surface area (Å²) in [6.45, 7) is 0. The number of hydrogen-bond donors (Lipinski definition) is 2. The van der Waals surface area contributed by atoms with Crippen molar-refractivity contribution < 1.29 is 17.5 Å². The lowest BCUT2D eigenvalue weighted by atomic mass is 10.4. The maximum atomic E-state index is 10.3. The van der Waals surface area contributed by atoms with Gasteiger partial charge in [-0.25, -0.2) is 8.42 Å². The Morgan fingerprint density at radius 1 is 0.750 bits per heavy atom. The molecule has 0 rings (SSSR count). The molecule has 2 atom stereocenters. The molecule has 98 valence electrons. The van der Waals surface area contributed by atoms with Crippen LogP contribution in [-0.2, 0) is 22.2 Å². The largest absolute Gasteiger partial charge is 0.306 e. The van der Waals surface area contributed by atoms with Crippen molar-refractivity contribution in [3.8, 4) is 0 Å². The first-order valence-electron chi connectivity index (χ1n) is 5.02. The van der Waals surface area contributed by atoms with Gasteiger partial charge in [-0.05, 0) is 25.7 Å². The summed E-state index contributed by atoms with van der Waals surface area (Å²) in [6.07, 6.45) is 3.51. The van der Waals surface area contributed by atoms with Gasteiger partial charge in [-0.1, -0.05) is 21.6 Å². The maximum Gasteiger partial charge on any atom is 0.152 e. The quantitative estimate of drug-likeness (QED) is 0.347. The second kappa shape index (κ2) is 12.4. The number of unbranched alkanes of at least 4 members (excludes halogenated alkanes) is 2. The lowest BCUT2D eigenvalue weighted by Gasteiger charge is -2.00. The second-order valence-corrected chi connectivity index (χ2v) is 7.91. The van der Waals surface area contributed by atoms with Gasteiger partial charge in [-0.3, -0.25) is 0 Å². The first kappa shape index (κ1) is 16.9. The minimum atomic E-state index is -1.65. The van der Waals surface area contributed by atoms with Crippen LogP contribution < -0.4 is 0 Å². The molecular weight excluding hydrogens is 288 g/mol. The normalized spacial score (nSPS) is 14.9. The smallest absolute Gasteiger partial charge is 0.152 e. The van der Waals surface area contributed by atoms with Crippen molar-refractivity contribution in [2.45, 2.75) is 25.7 Å². The van der Waals surface area contributed by atoms with Crippen LogP contribution in [0.4, 0.5) is 0 Å². The third-order valence-corrected chi connectivity index (χ3v) is 5.53. The topological polar surface area (TPSA) is 74.6 Å². The number of rotatable bonds is 11. The average Bonchev–Trinajstić information content (AvgIpc) is 2.20. The van der Waals surface area contributed by atoms with Gasteiger partial charge < -0.3 is 9.11 Å². The van der Waals surface area contributed by atoms with E-state index in [-0.39, 0.29) is 0 Å². The van der Waals surface area contributed by atoms with E-state index < -0.39 is 22.2 Å². The van der Waals surface area contributed by atoms with Crippen LogP contribution >= 0.6 is 21.6 Å². The standard InChI is InChI=1S/C8H18O4S4/c9-15(10)7-3-1-5-13-14-6-2-4-8-16(11)12/h1-8H2,(H,9,10)(H,11,12). The fourth-order valence-corrected chi connectivity index (χ4v) is 4.09. The summed E-state index contributed by atoms with van der Waals surface area (Å²) in [4.78, 5) is 0. The van der Waals surface area contributed by atoms with E-state index in [1.54, 1.807) is 21.6 Å². The second-order valence-electron chi connectivity index (χ2n) is 3.11. The Morgan fingerprint density at radius 2 is 1.12 bits per heavy atom. The third kappa shape index (κ3) is 14.9. The van der Waals surface area contributed by atoms with Crippen LogP contribution in [0.5, 0.6) is 0 Å². The summed E-state index contributed by atoms with van der Waals surface area (Å²) in [7, 11) is 3.52. The monoisotopic (exact) mass is 306 g/mol. The minimum Gasteiger partial charge on any atom is -0.306 e. The molecule has 0 aliphatic carbocycles. The average molecular weight is 306 g/mol. The van der Waals surface area contributed by atoms with Gasteiger partial charge in [-0.2, -0.15) is 0 Å². The summed E-state index contributed by atoms with van der Waals surface area (Å²) < 4.78 is 37.7. The highest BCUT2D eigenvalue weighted by Crippen LogP contribution is 2.23. The molecular formula is C8H18O4S4. The molecule has 8 heteroatoms. The first-order chi connectivity index (χ1) is 7.63. The molecule has 4 nitrogen and oxygen atoms in total. The molecule has 0 aromatic rings. The van der Waals surface area contributed by atoms with E-state index in [1.165, 1.54) is 0 Å². The molecule has 0 fully saturated rings.